The van der Waals surface area contributed by atoms with E-state index < -0.39 is 6.10 Å². The summed E-state index contributed by atoms with van der Waals surface area (Å²) in [4.78, 5) is 11.0. The summed E-state index contributed by atoms with van der Waals surface area (Å²) in [5.41, 5.74) is 1.70. The zero-order valence-corrected chi connectivity index (χ0v) is 11.2. The van der Waals surface area contributed by atoms with Gasteiger partial charge >= 0.3 is 5.97 Å². The Bertz CT molecular complexity index is 400. The molecule has 0 bridgehead atoms. The zero-order chi connectivity index (χ0) is 14.1. The zero-order valence-electron chi connectivity index (χ0n) is 11.2. The first kappa shape index (κ1) is 15.4. The van der Waals surface area contributed by atoms with Crippen molar-refractivity contribution in [1.82, 2.24) is 0 Å². The molecule has 1 atom stereocenters. The van der Waals surface area contributed by atoms with Crippen molar-refractivity contribution in [3.63, 3.8) is 0 Å². The third-order valence-corrected chi connectivity index (χ3v) is 2.57. The van der Waals surface area contributed by atoms with E-state index in [1.54, 1.807) is 0 Å². The summed E-state index contributed by atoms with van der Waals surface area (Å²) in [6.07, 6.45) is -0.184. The lowest BCUT2D eigenvalue weighted by Gasteiger charge is -2.12. The quantitative estimate of drug-likeness (QED) is 0.577. The lowest BCUT2D eigenvalue weighted by atomic mass is 10.1. The molecule has 1 rings (SSSR count). The van der Waals surface area contributed by atoms with Crippen molar-refractivity contribution in [2.45, 2.75) is 25.6 Å². The second kappa shape index (κ2) is 8.45. The fourth-order valence-electron chi connectivity index (χ4n) is 1.63. The van der Waals surface area contributed by atoms with Gasteiger partial charge in [0.25, 0.3) is 0 Å². The van der Waals surface area contributed by atoms with Gasteiger partial charge in [0, 0.05) is 0 Å². The number of aliphatic hydroxyl groups is 1. The van der Waals surface area contributed by atoms with Gasteiger partial charge in [0.15, 0.2) is 0 Å². The number of rotatable bonds is 8. The number of hydrogen-bond donors (Lipinski definition) is 1. The van der Waals surface area contributed by atoms with E-state index in [1.807, 2.05) is 30.3 Å². The molecule has 1 aromatic rings. The predicted molar refractivity (Wildman–Crippen MR) is 72.5 cm³/mol. The van der Waals surface area contributed by atoms with Crippen molar-refractivity contribution in [3.8, 4) is 0 Å². The number of esters is 1. The Morgan fingerprint density at radius 1 is 1.37 bits per heavy atom. The van der Waals surface area contributed by atoms with Crippen LogP contribution in [0.1, 0.15) is 18.4 Å². The Morgan fingerprint density at radius 3 is 2.68 bits per heavy atom. The number of aliphatic hydroxyl groups excluding tert-OH is 1. The van der Waals surface area contributed by atoms with Crippen LogP contribution in [0, 0.1) is 0 Å². The topological polar surface area (TPSA) is 55.8 Å². The molecule has 0 radical (unpaired) electrons. The van der Waals surface area contributed by atoms with Crippen LogP contribution >= 0.6 is 0 Å². The second-order valence-corrected chi connectivity index (χ2v) is 4.36. The van der Waals surface area contributed by atoms with Crippen LogP contribution in [0.4, 0.5) is 0 Å². The summed E-state index contributed by atoms with van der Waals surface area (Å²) in [5, 5.41) is 9.75. The van der Waals surface area contributed by atoms with Gasteiger partial charge in [-0.15, -0.1) is 0 Å². The van der Waals surface area contributed by atoms with Gasteiger partial charge in [-0.2, -0.15) is 0 Å². The Hall–Kier alpha value is -1.65. The minimum Gasteiger partial charge on any atom is -0.469 e. The molecule has 0 aliphatic rings. The van der Waals surface area contributed by atoms with Crippen LogP contribution in [0.5, 0.6) is 0 Å². The summed E-state index contributed by atoms with van der Waals surface area (Å²) in [5.74, 6) is -0.345. The highest BCUT2D eigenvalue weighted by atomic mass is 16.5. The van der Waals surface area contributed by atoms with Crippen LogP contribution in [-0.4, -0.2) is 30.9 Å². The van der Waals surface area contributed by atoms with Crippen LogP contribution in [0.3, 0.4) is 0 Å². The van der Waals surface area contributed by atoms with Gasteiger partial charge < -0.3 is 14.6 Å². The highest BCUT2D eigenvalue weighted by Gasteiger charge is 2.10. The third-order valence-electron chi connectivity index (χ3n) is 2.57. The van der Waals surface area contributed by atoms with E-state index in [-0.39, 0.29) is 19.0 Å². The van der Waals surface area contributed by atoms with Crippen molar-refractivity contribution in [2.24, 2.45) is 0 Å². The highest BCUT2D eigenvalue weighted by molar-refractivity contribution is 5.72. The smallest absolute Gasteiger partial charge is 0.309 e. The Morgan fingerprint density at radius 2 is 2.05 bits per heavy atom. The fraction of sp³-hybridized carbons (Fsp3) is 0.400. The van der Waals surface area contributed by atoms with Crippen molar-refractivity contribution in [3.05, 3.63) is 48.0 Å². The van der Waals surface area contributed by atoms with Gasteiger partial charge in [0.1, 0.15) is 0 Å². The number of benzene rings is 1. The summed E-state index contributed by atoms with van der Waals surface area (Å²) >= 11 is 0. The van der Waals surface area contributed by atoms with Crippen molar-refractivity contribution < 1.29 is 19.4 Å². The molecule has 0 aromatic heterocycles. The van der Waals surface area contributed by atoms with Gasteiger partial charge in [0.05, 0.1) is 32.8 Å². The molecule has 0 saturated carbocycles. The Kier molecular flexibility index (Phi) is 6.85. The predicted octanol–water partition coefficient (Wildman–Crippen LogP) is 2.07. The normalized spacial score (nSPS) is 11.9. The lowest BCUT2D eigenvalue weighted by molar-refractivity contribution is -0.139. The molecular weight excluding hydrogens is 244 g/mol. The minimum atomic E-state index is -0.652. The maximum Gasteiger partial charge on any atom is 0.309 e. The van der Waals surface area contributed by atoms with Gasteiger partial charge in [-0.3, -0.25) is 4.79 Å². The molecule has 0 amide bonds. The Balaban J connectivity index is 2.19. The molecule has 0 fully saturated rings. The summed E-state index contributed by atoms with van der Waals surface area (Å²) in [6, 6.07) is 9.74. The molecule has 1 aromatic carbocycles. The lowest BCUT2D eigenvalue weighted by Crippen LogP contribution is -2.17. The molecule has 19 heavy (non-hydrogen) atoms. The molecule has 0 spiro atoms. The van der Waals surface area contributed by atoms with Crippen LogP contribution in [-0.2, 0) is 20.9 Å². The van der Waals surface area contributed by atoms with Crippen LogP contribution in [0.25, 0.3) is 0 Å². The van der Waals surface area contributed by atoms with Gasteiger partial charge in [-0.05, 0) is 12.0 Å². The second-order valence-electron chi connectivity index (χ2n) is 4.36. The van der Waals surface area contributed by atoms with Crippen molar-refractivity contribution >= 4 is 5.97 Å². The van der Waals surface area contributed by atoms with Crippen LogP contribution in [0.15, 0.2) is 42.5 Å². The monoisotopic (exact) mass is 264 g/mol. The highest BCUT2D eigenvalue weighted by Crippen LogP contribution is 2.10. The maximum atomic E-state index is 11.0. The fourth-order valence-corrected chi connectivity index (χ4v) is 1.63. The largest absolute Gasteiger partial charge is 0.469 e. The average Bonchev–Trinajstić information content (AvgIpc) is 2.39. The number of carbonyl (C=O) groups is 1. The molecule has 4 heteroatoms. The van der Waals surface area contributed by atoms with Gasteiger partial charge in [-0.25, -0.2) is 0 Å². The standard InChI is InChI=1S/C15H20O4/c1-12(9-15(17)18-2)8-14(16)11-19-10-13-6-4-3-5-7-13/h3-7,14,16H,1,8-11H2,2H3. The van der Waals surface area contributed by atoms with Crippen molar-refractivity contribution in [1.29, 1.82) is 0 Å². The van der Waals surface area contributed by atoms with Crippen LogP contribution in [0.2, 0.25) is 0 Å². The van der Waals surface area contributed by atoms with E-state index in [0.717, 1.165) is 5.56 Å². The molecule has 4 nitrogen and oxygen atoms in total. The van der Waals surface area contributed by atoms with E-state index in [0.29, 0.717) is 18.6 Å². The summed E-state index contributed by atoms with van der Waals surface area (Å²) in [6.45, 7) is 4.41. The van der Waals surface area contributed by atoms with Gasteiger partial charge in [0.2, 0.25) is 0 Å². The molecule has 0 saturated heterocycles. The van der Waals surface area contributed by atoms with Crippen molar-refractivity contribution in [2.75, 3.05) is 13.7 Å². The van der Waals surface area contributed by atoms with E-state index in [9.17, 15) is 9.90 Å². The summed E-state index contributed by atoms with van der Waals surface area (Å²) < 4.78 is 9.94. The molecule has 104 valence electrons. The van der Waals surface area contributed by atoms with Crippen LogP contribution < -0.4 is 0 Å². The molecule has 1 N–H and O–H groups in total. The number of carbonyl (C=O) groups excluding carboxylic acids is 1. The molecular formula is C15H20O4. The molecule has 0 aliphatic heterocycles. The first-order valence-electron chi connectivity index (χ1n) is 6.15. The van der Waals surface area contributed by atoms with E-state index in [4.69, 9.17) is 4.74 Å². The maximum absolute atomic E-state index is 11.0. The molecule has 0 aliphatic carbocycles. The van der Waals surface area contributed by atoms with E-state index in [1.165, 1.54) is 7.11 Å². The minimum absolute atomic E-state index is 0.131. The number of methoxy groups -OCH3 is 1. The van der Waals surface area contributed by atoms with Gasteiger partial charge in [-0.1, -0.05) is 42.5 Å². The summed E-state index contributed by atoms with van der Waals surface area (Å²) in [7, 11) is 1.33. The molecule has 1 unspecified atom stereocenters. The SMILES string of the molecule is C=C(CC(=O)OC)CC(O)COCc1ccccc1. The number of hydrogen-bond acceptors (Lipinski definition) is 4. The van der Waals surface area contributed by atoms with E-state index >= 15 is 0 Å². The first-order chi connectivity index (χ1) is 9.11. The van der Waals surface area contributed by atoms with E-state index in [2.05, 4.69) is 11.3 Å². The molecule has 0 heterocycles. The number of ether oxygens (including phenoxy) is 2. The average molecular weight is 264 g/mol. The Labute approximate surface area is 113 Å². The third kappa shape index (κ3) is 6.74. The first-order valence-corrected chi connectivity index (χ1v) is 6.15.